The molecule has 2 aromatic carbocycles. The molecule has 0 spiro atoms. The van der Waals surface area contributed by atoms with Gasteiger partial charge in [0, 0.05) is 5.56 Å². The quantitative estimate of drug-likeness (QED) is 0.862. The van der Waals surface area contributed by atoms with Crippen LogP contribution in [0.1, 0.15) is 12.5 Å². The van der Waals surface area contributed by atoms with Crippen molar-refractivity contribution in [3.8, 4) is 5.75 Å². The molecular weight excluding hydrogens is 376 g/mol. The standard InChI is InChI=1S/C20H18N4O3S/c1-12-19(26)23-18-13-7-3-4-8-14(13)22-20(24(12)18)28-11-17(25)21-15-9-5-6-10-16(15)27-2/h3-10,12H,11H2,1-2H3,(H,21,25). The summed E-state index contributed by atoms with van der Waals surface area (Å²) in [7, 11) is 1.56. The first-order valence-corrected chi connectivity index (χ1v) is 9.72. The van der Waals surface area contributed by atoms with Crippen molar-refractivity contribution >= 4 is 46.0 Å². The van der Waals surface area contributed by atoms with E-state index in [1.54, 1.807) is 31.1 Å². The second-order valence-corrected chi connectivity index (χ2v) is 7.21. The van der Waals surface area contributed by atoms with E-state index in [-0.39, 0.29) is 17.6 Å². The minimum atomic E-state index is -0.438. The molecule has 2 heterocycles. The van der Waals surface area contributed by atoms with E-state index in [0.717, 1.165) is 11.3 Å². The summed E-state index contributed by atoms with van der Waals surface area (Å²) in [6.45, 7) is 1.79. The summed E-state index contributed by atoms with van der Waals surface area (Å²) >= 11 is 1.27. The summed E-state index contributed by atoms with van der Waals surface area (Å²) in [5.74, 6) is 0.934. The number of nitrogens with one attached hydrogen (secondary N) is 1. The number of hydrogen-bond donors (Lipinski definition) is 1. The molecule has 28 heavy (non-hydrogen) atoms. The van der Waals surface area contributed by atoms with Crippen molar-refractivity contribution in [2.45, 2.75) is 13.0 Å². The smallest absolute Gasteiger partial charge is 0.270 e. The Morgan fingerprint density at radius 1 is 1.18 bits per heavy atom. The fraction of sp³-hybridized carbons (Fsp3) is 0.200. The van der Waals surface area contributed by atoms with Crippen molar-refractivity contribution in [3.05, 3.63) is 54.1 Å². The third-order valence-corrected chi connectivity index (χ3v) is 5.42. The van der Waals surface area contributed by atoms with E-state index in [1.165, 1.54) is 11.8 Å². The third kappa shape index (κ3) is 3.27. The summed E-state index contributed by atoms with van der Waals surface area (Å²) in [4.78, 5) is 35.3. The van der Waals surface area contributed by atoms with E-state index >= 15 is 0 Å². The lowest BCUT2D eigenvalue weighted by Gasteiger charge is -2.29. The van der Waals surface area contributed by atoms with Crippen LogP contribution in [0.4, 0.5) is 11.4 Å². The number of thioether (sulfide) groups is 1. The zero-order valence-electron chi connectivity index (χ0n) is 15.4. The molecule has 0 radical (unpaired) electrons. The minimum Gasteiger partial charge on any atom is -0.495 e. The summed E-state index contributed by atoms with van der Waals surface area (Å²) in [6, 6.07) is 14.3. The van der Waals surface area contributed by atoms with E-state index in [1.807, 2.05) is 36.4 Å². The predicted molar refractivity (Wildman–Crippen MR) is 110 cm³/mol. The van der Waals surface area contributed by atoms with Gasteiger partial charge < -0.3 is 10.1 Å². The molecule has 1 N–H and O–H groups in total. The molecule has 7 nitrogen and oxygen atoms in total. The van der Waals surface area contributed by atoms with Crippen LogP contribution < -0.4 is 10.1 Å². The lowest BCUT2D eigenvalue weighted by Crippen LogP contribution is -2.42. The monoisotopic (exact) mass is 394 g/mol. The number of carbonyl (C=O) groups is 2. The molecule has 0 saturated heterocycles. The van der Waals surface area contributed by atoms with Crippen LogP contribution in [0, 0.1) is 0 Å². The van der Waals surface area contributed by atoms with Gasteiger partial charge in [-0.2, -0.15) is 4.99 Å². The number of methoxy groups -OCH3 is 1. The van der Waals surface area contributed by atoms with Crippen molar-refractivity contribution in [1.82, 2.24) is 4.90 Å². The summed E-state index contributed by atoms with van der Waals surface area (Å²) < 4.78 is 5.26. The number of nitrogens with zero attached hydrogens (tertiary/aromatic N) is 3. The number of amidine groups is 2. The van der Waals surface area contributed by atoms with Gasteiger partial charge in [-0.15, -0.1) is 0 Å². The fourth-order valence-electron chi connectivity index (χ4n) is 3.08. The van der Waals surface area contributed by atoms with Crippen LogP contribution in [0.15, 0.2) is 58.5 Å². The van der Waals surface area contributed by atoms with Gasteiger partial charge in [-0.3, -0.25) is 14.5 Å². The first-order valence-electron chi connectivity index (χ1n) is 8.74. The van der Waals surface area contributed by atoms with Crippen LogP contribution in [-0.2, 0) is 9.59 Å². The molecule has 8 heteroatoms. The number of benzene rings is 2. The van der Waals surface area contributed by atoms with E-state index in [2.05, 4.69) is 15.3 Å². The maximum absolute atomic E-state index is 12.4. The van der Waals surface area contributed by atoms with E-state index < -0.39 is 6.04 Å². The van der Waals surface area contributed by atoms with Gasteiger partial charge in [0.25, 0.3) is 5.91 Å². The Morgan fingerprint density at radius 2 is 1.93 bits per heavy atom. The lowest BCUT2D eigenvalue weighted by atomic mass is 10.1. The molecule has 0 bridgehead atoms. The number of aliphatic imine (C=N–C) groups is 2. The zero-order chi connectivity index (χ0) is 19.7. The number of fused-ring (bicyclic) bond motifs is 3. The number of hydrogen-bond acceptors (Lipinski definition) is 6. The Bertz CT molecular complexity index is 1020. The highest BCUT2D eigenvalue weighted by atomic mass is 32.2. The number of para-hydroxylation sites is 3. The van der Waals surface area contributed by atoms with Gasteiger partial charge in [-0.05, 0) is 31.2 Å². The highest BCUT2D eigenvalue weighted by Crippen LogP contribution is 2.34. The molecule has 142 valence electrons. The van der Waals surface area contributed by atoms with Gasteiger partial charge in [0.05, 0.1) is 24.2 Å². The van der Waals surface area contributed by atoms with Gasteiger partial charge >= 0.3 is 0 Å². The molecule has 0 saturated carbocycles. The molecule has 0 aromatic heterocycles. The molecule has 2 aliphatic heterocycles. The van der Waals surface area contributed by atoms with Crippen molar-refractivity contribution < 1.29 is 14.3 Å². The van der Waals surface area contributed by atoms with Crippen molar-refractivity contribution in [2.24, 2.45) is 9.98 Å². The number of amides is 2. The molecule has 2 aromatic rings. The minimum absolute atomic E-state index is 0.143. The summed E-state index contributed by atoms with van der Waals surface area (Å²) in [5.41, 5.74) is 2.17. The lowest BCUT2D eigenvalue weighted by molar-refractivity contribution is -0.119. The van der Waals surface area contributed by atoms with Crippen molar-refractivity contribution in [3.63, 3.8) is 0 Å². The predicted octanol–water partition coefficient (Wildman–Crippen LogP) is 3.05. The van der Waals surface area contributed by atoms with Gasteiger partial charge in [0.1, 0.15) is 17.6 Å². The molecule has 0 fully saturated rings. The topological polar surface area (TPSA) is 83.4 Å². The molecule has 2 aliphatic rings. The normalized spacial score (nSPS) is 17.4. The first kappa shape index (κ1) is 18.2. The Balaban J connectivity index is 1.53. The van der Waals surface area contributed by atoms with E-state index in [9.17, 15) is 9.59 Å². The Kier molecular flexibility index (Phi) is 4.87. The number of rotatable bonds is 4. The average molecular weight is 394 g/mol. The molecule has 1 unspecified atom stereocenters. The second kappa shape index (κ2) is 7.47. The second-order valence-electron chi connectivity index (χ2n) is 6.27. The van der Waals surface area contributed by atoms with Crippen LogP contribution >= 0.6 is 11.8 Å². The third-order valence-electron chi connectivity index (χ3n) is 4.47. The van der Waals surface area contributed by atoms with Crippen LogP contribution in [0.2, 0.25) is 0 Å². The van der Waals surface area contributed by atoms with Crippen LogP contribution in [-0.4, -0.2) is 46.6 Å². The maximum atomic E-state index is 12.4. The van der Waals surface area contributed by atoms with Gasteiger partial charge in [-0.1, -0.05) is 36.0 Å². The van der Waals surface area contributed by atoms with E-state index in [0.29, 0.717) is 22.4 Å². The molecule has 1 atom stereocenters. The zero-order valence-corrected chi connectivity index (χ0v) is 16.2. The largest absolute Gasteiger partial charge is 0.495 e. The van der Waals surface area contributed by atoms with Crippen LogP contribution in [0.25, 0.3) is 0 Å². The summed E-state index contributed by atoms with van der Waals surface area (Å²) in [5, 5.41) is 3.43. The van der Waals surface area contributed by atoms with Gasteiger partial charge in [0.15, 0.2) is 5.17 Å². The number of carbonyl (C=O) groups excluding carboxylic acids is 2. The van der Waals surface area contributed by atoms with Gasteiger partial charge in [0.2, 0.25) is 5.91 Å². The van der Waals surface area contributed by atoms with Gasteiger partial charge in [-0.25, -0.2) is 4.99 Å². The first-order chi connectivity index (χ1) is 13.6. The van der Waals surface area contributed by atoms with Crippen molar-refractivity contribution in [1.29, 1.82) is 0 Å². The summed E-state index contributed by atoms with van der Waals surface area (Å²) in [6.07, 6.45) is 0. The fourth-order valence-corrected chi connectivity index (χ4v) is 3.95. The molecular formula is C20H18N4O3S. The average Bonchev–Trinajstić information content (AvgIpc) is 3.01. The Morgan fingerprint density at radius 3 is 2.75 bits per heavy atom. The highest BCUT2D eigenvalue weighted by Gasteiger charge is 2.39. The molecule has 0 aliphatic carbocycles. The Hall–Kier alpha value is -3.13. The van der Waals surface area contributed by atoms with Crippen LogP contribution in [0.3, 0.4) is 0 Å². The molecule has 4 rings (SSSR count). The number of anilines is 1. The van der Waals surface area contributed by atoms with E-state index in [4.69, 9.17) is 4.74 Å². The highest BCUT2D eigenvalue weighted by molar-refractivity contribution is 8.14. The molecule has 2 amide bonds. The maximum Gasteiger partial charge on any atom is 0.270 e. The van der Waals surface area contributed by atoms with Crippen LogP contribution in [0.5, 0.6) is 5.75 Å². The number of ether oxygens (including phenoxy) is 1. The SMILES string of the molecule is COc1ccccc1NC(=O)CSC1=Nc2ccccc2C2=NC(=O)C(C)N12. The van der Waals surface area contributed by atoms with Crippen molar-refractivity contribution in [2.75, 3.05) is 18.2 Å². The Labute approximate surface area is 166 Å².